The van der Waals surface area contributed by atoms with Crippen molar-refractivity contribution in [2.75, 3.05) is 0 Å². The second-order valence-electron chi connectivity index (χ2n) is 11.8. The summed E-state index contributed by atoms with van der Waals surface area (Å²) in [5, 5.41) is 5.49. The number of para-hydroxylation sites is 2. The van der Waals surface area contributed by atoms with Gasteiger partial charge in [-0.15, -0.1) is 0 Å². The van der Waals surface area contributed by atoms with Crippen molar-refractivity contribution in [1.82, 2.24) is 9.13 Å². The summed E-state index contributed by atoms with van der Waals surface area (Å²) in [7, 11) is 0. The van der Waals surface area contributed by atoms with E-state index in [9.17, 15) is 0 Å². The van der Waals surface area contributed by atoms with E-state index in [-0.39, 0.29) is 5.54 Å². The summed E-state index contributed by atoms with van der Waals surface area (Å²) in [5.74, 6) is 2.47. The molecule has 4 aliphatic rings. The van der Waals surface area contributed by atoms with E-state index in [0.29, 0.717) is 11.8 Å². The Bertz CT molecular complexity index is 2250. The van der Waals surface area contributed by atoms with E-state index < -0.39 is 0 Å². The Morgan fingerprint density at radius 1 is 0.632 bits per heavy atom. The van der Waals surface area contributed by atoms with Crippen molar-refractivity contribution in [3.63, 3.8) is 0 Å². The molecule has 4 aromatic carbocycles. The monoisotopic (exact) mass is 486 g/mol. The maximum absolute atomic E-state index is 2.69. The minimum absolute atomic E-state index is 0.184. The van der Waals surface area contributed by atoms with Crippen molar-refractivity contribution in [2.45, 2.75) is 30.7 Å². The summed E-state index contributed by atoms with van der Waals surface area (Å²) in [5.41, 5.74) is 11.4. The van der Waals surface area contributed by atoms with Crippen LogP contribution in [0.1, 0.15) is 41.9 Å². The number of pyridine rings is 1. The van der Waals surface area contributed by atoms with Gasteiger partial charge in [0.05, 0.1) is 28.5 Å². The third-order valence-electron chi connectivity index (χ3n) is 10.6. The predicted octanol–water partition coefficient (Wildman–Crippen LogP) is 7.48. The first-order chi connectivity index (χ1) is 18.9. The number of aromatic nitrogens is 3. The molecule has 3 atom stereocenters. The van der Waals surface area contributed by atoms with E-state index in [1.54, 1.807) is 11.1 Å². The molecule has 2 aliphatic carbocycles. The molecule has 0 saturated heterocycles. The Morgan fingerprint density at radius 2 is 1.34 bits per heavy atom. The standard InChI is InChI=1S/C35H24N3/c1-3-12-27-21(8-1)24-16-15-23-20-10-7-11-26(20)35-31(23)33(24)37(27)29-18-17-25-22-9-2-4-13-28(22)38(34(25)32(29)35)30-14-5-6-19-36(30)35/h1-6,8-9,12-20,26H,7,10-11H2/q+1. The minimum atomic E-state index is -0.184. The van der Waals surface area contributed by atoms with Gasteiger partial charge in [-0.05, 0) is 60.7 Å². The molecule has 1 fully saturated rings. The van der Waals surface area contributed by atoms with Gasteiger partial charge in [-0.2, -0.15) is 4.57 Å². The molecule has 0 bridgehead atoms. The van der Waals surface area contributed by atoms with Gasteiger partial charge in [0.2, 0.25) is 0 Å². The van der Waals surface area contributed by atoms with Crippen LogP contribution in [-0.2, 0) is 5.54 Å². The highest BCUT2D eigenvalue weighted by Gasteiger charge is 2.65. The predicted molar refractivity (Wildman–Crippen MR) is 152 cm³/mol. The van der Waals surface area contributed by atoms with Crippen LogP contribution in [0.3, 0.4) is 0 Å². The highest BCUT2D eigenvalue weighted by atomic mass is 15.2. The number of hydrogen-bond donors (Lipinski definition) is 0. The van der Waals surface area contributed by atoms with Crippen molar-refractivity contribution >= 4 is 43.6 Å². The molecule has 1 spiro atoms. The Labute approximate surface area is 219 Å². The molecule has 38 heavy (non-hydrogen) atoms. The Hall–Kier alpha value is -4.37. The molecule has 2 aliphatic heterocycles. The SMILES string of the molecule is c1cc[n+]2c(c1)-n1c3ccccc3c3ccc4c(c31)C21c2c(ccc3c5ccccc5n-4c23)C2CCCC21. The van der Waals surface area contributed by atoms with Gasteiger partial charge in [-0.3, -0.25) is 0 Å². The van der Waals surface area contributed by atoms with Crippen molar-refractivity contribution in [3.05, 3.63) is 114 Å². The normalized spacial score (nSPS) is 23.6. The van der Waals surface area contributed by atoms with E-state index in [2.05, 4.69) is 111 Å². The van der Waals surface area contributed by atoms with Crippen molar-refractivity contribution in [2.24, 2.45) is 5.92 Å². The van der Waals surface area contributed by atoms with Gasteiger partial charge in [0, 0.05) is 39.1 Å². The molecule has 0 radical (unpaired) electrons. The first-order valence-corrected chi connectivity index (χ1v) is 14.0. The van der Waals surface area contributed by atoms with Gasteiger partial charge in [0.1, 0.15) is 5.52 Å². The lowest BCUT2D eigenvalue weighted by atomic mass is 9.71. The molecular weight excluding hydrogens is 462 g/mol. The zero-order valence-corrected chi connectivity index (χ0v) is 20.9. The molecule has 3 nitrogen and oxygen atoms in total. The van der Waals surface area contributed by atoms with Crippen LogP contribution in [0, 0.1) is 5.92 Å². The Kier molecular flexibility index (Phi) is 2.90. The second-order valence-corrected chi connectivity index (χ2v) is 11.8. The molecular formula is C35H24N3+. The maximum Gasteiger partial charge on any atom is 0.287 e. The van der Waals surface area contributed by atoms with E-state index >= 15 is 0 Å². The average molecular weight is 487 g/mol. The van der Waals surface area contributed by atoms with Crippen LogP contribution in [0.25, 0.3) is 55.1 Å². The van der Waals surface area contributed by atoms with Crippen LogP contribution in [0.2, 0.25) is 0 Å². The fourth-order valence-electron chi connectivity index (χ4n) is 9.54. The molecule has 5 heterocycles. The number of rotatable bonds is 0. The van der Waals surface area contributed by atoms with Gasteiger partial charge in [0.25, 0.3) is 5.82 Å². The molecule has 3 aromatic heterocycles. The fourth-order valence-corrected chi connectivity index (χ4v) is 9.54. The van der Waals surface area contributed by atoms with Crippen LogP contribution in [-0.4, -0.2) is 9.13 Å². The molecule has 178 valence electrons. The van der Waals surface area contributed by atoms with Gasteiger partial charge in [-0.1, -0.05) is 55.0 Å². The summed E-state index contributed by atoms with van der Waals surface area (Å²) < 4.78 is 7.88. The van der Waals surface area contributed by atoms with Crippen LogP contribution in [0.4, 0.5) is 0 Å². The van der Waals surface area contributed by atoms with Crippen LogP contribution in [0.15, 0.2) is 97.2 Å². The van der Waals surface area contributed by atoms with Gasteiger partial charge >= 0.3 is 0 Å². The smallest absolute Gasteiger partial charge is 0.287 e. The summed E-state index contributed by atoms with van der Waals surface area (Å²) in [6.07, 6.45) is 6.27. The van der Waals surface area contributed by atoms with E-state index in [1.807, 2.05) is 0 Å². The first-order valence-electron chi connectivity index (χ1n) is 14.0. The fraction of sp³-hybridized carbons (Fsp3) is 0.171. The minimum Gasteiger partial charge on any atom is -0.308 e. The van der Waals surface area contributed by atoms with Crippen LogP contribution in [0.5, 0.6) is 0 Å². The highest BCUT2D eigenvalue weighted by Crippen LogP contribution is 2.65. The first kappa shape index (κ1) is 18.8. The number of nitrogens with zero attached hydrogens (tertiary/aromatic N) is 3. The quantitative estimate of drug-likeness (QED) is 0.197. The molecule has 0 N–H and O–H groups in total. The van der Waals surface area contributed by atoms with Crippen LogP contribution < -0.4 is 4.57 Å². The summed E-state index contributed by atoms with van der Waals surface area (Å²) >= 11 is 0. The van der Waals surface area contributed by atoms with E-state index in [1.165, 1.54) is 79.9 Å². The third-order valence-corrected chi connectivity index (χ3v) is 10.6. The average Bonchev–Trinajstić information content (AvgIpc) is 3.72. The van der Waals surface area contributed by atoms with Crippen molar-refractivity contribution < 1.29 is 4.57 Å². The molecule has 3 unspecified atom stereocenters. The zero-order chi connectivity index (χ0) is 24.3. The summed E-state index contributed by atoms with van der Waals surface area (Å²) in [6, 6.07) is 34.6. The largest absolute Gasteiger partial charge is 0.308 e. The van der Waals surface area contributed by atoms with Gasteiger partial charge in [0.15, 0.2) is 11.1 Å². The van der Waals surface area contributed by atoms with Gasteiger partial charge in [-0.25, -0.2) is 4.57 Å². The van der Waals surface area contributed by atoms with Gasteiger partial charge < -0.3 is 4.57 Å². The second kappa shape index (κ2) is 5.86. The number of benzene rings is 4. The molecule has 7 aromatic rings. The maximum atomic E-state index is 2.69. The molecule has 3 heteroatoms. The molecule has 0 amide bonds. The lowest BCUT2D eigenvalue weighted by molar-refractivity contribution is -0.746. The molecule has 11 rings (SSSR count). The lowest BCUT2D eigenvalue weighted by Crippen LogP contribution is -2.64. The van der Waals surface area contributed by atoms with Crippen molar-refractivity contribution in [1.29, 1.82) is 0 Å². The highest BCUT2D eigenvalue weighted by molar-refractivity contribution is 6.16. The molecule has 1 saturated carbocycles. The number of hydrogen-bond acceptors (Lipinski definition) is 0. The Morgan fingerprint density at radius 3 is 2.18 bits per heavy atom. The van der Waals surface area contributed by atoms with Crippen molar-refractivity contribution in [3.8, 4) is 11.5 Å². The zero-order valence-electron chi connectivity index (χ0n) is 20.9. The Balaban J connectivity index is 1.52. The topological polar surface area (TPSA) is 13.7 Å². The summed E-state index contributed by atoms with van der Waals surface area (Å²) in [4.78, 5) is 0. The number of fused-ring (bicyclic) bond motifs is 11. The van der Waals surface area contributed by atoms with Crippen LogP contribution >= 0.6 is 0 Å². The summed E-state index contributed by atoms with van der Waals surface area (Å²) in [6.45, 7) is 0. The van der Waals surface area contributed by atoms with E-state index in [4.69, 9.17) is 0 Å². The lowest BCUT2D eigenvalue weighted by Gasteiger charge is -2.42. The van der Waals surface area contributed by atoms with E-state index in [0.717, 1.165) is 0 Å². The third kappa shape index (κ3) is 1.69.